The zero-order chi connectivity index (χ0) is 14.5. The van der Waals surface area contributed by atoms with Crippen molar-refractivity contribution in [3.63, 3.8) is 0 Å². The van der Waals surface area contributed by atoms with E-state index in [4.69, 9.17) is 21.1 Å². The Balaban J connectivity index is 1.97. The summed E-state index contributed by atoms with van der Waals surface area (Å²) >= 11 is 5.84. The van der Waals surface area contributed by atoms with Crippen molar-refractivity contribution in [1.29, 1.82) is 0 Å². The van der Waals surface area contributed by atoms with Crippen LogP contribution >= 0.6 is 11.6 Å². The number of halogens is 1. The van der Waals surface area contributed by atoms with Crippen molar-refractivity contribution in [3.05, 3.63) is 28.8 Å². The van der Waals surface area contributed by atoms with E-state index in [0.717, 1.165) is 6.42 Å². The van der Waals surface area contributed by atoms with Gasteiger partial charge in [-0.25, -0.2) is 0 Å². The van der Waals surface area contributed by atoms with Crippen molar-refractivity contribution in [1.82, 2.24) is 10.9 Å². The van der Waals surface area contributed by atoms with Crippen LogP contribution in [0.1, 0.15) is 23.2 Å². The molecule has 1 atom stereocenters. The standard InChI is InChI=1S/C13H15ClN2O4/c1-19-10-5-4-8(14)7-9(10)12(17)15-16-13(18)11-3-2-6-20-11/h4-5,7,11H,2-3,6H2,1H3,(H,15,17)(H,16,18)/t11-/m0/s1. The maximum atomic E-state index is 12.0. The van der Waals surface area contributed by atoms with E-state index in [1.807, 2.05) is 0 Å². The summed E-state index contributed by atoms with van der Waals surface area (Å²) in [5, 5.41) is 0.404. The molecule has 0 saturated carbocycles. The Morgan fingerprint density at radius 2 is 2.20 bits per heavy atom. The van der Waals surface area contributed by atoms with E-state index in [1.54, 1.807) is 12.1 Å². The Bertz CT molecular complexity index is 515. The maximum absolute atomic E-state index is 12.0. The molecular formula is C13H15ClN2O4. The number of carbonyl (C=O) groups is 2. The molecular weight excluding hydrogens is 284 g/mol. The summed E-state index contributed by atoms with van der Waals surface area (Å²) in [7, 11) is 1.45. The van der Waals surface area contributed by atoms with Crippen LogP contribution in [0.5, 0.6) is 5.75 Å². The second-order valence-electron chi connectivity index (χ2n) is 4.29. The summed E-state index contributed by atoms with van der Waals surface area (Å²) in [4.78, 5) is 23.7. The number of amides is 2. The van der Waals surface area contributed by atoms with Crippen molar-refractivity contribution in [3.8, 4) is 5.75 Å². The predicted octanol–water partition coefficient (Wildman–Crippen LogP) is 1.29. The minimum Gasteiger partial charge on any atom is -0.496 e. The Hall–Kier alpha value is -1.79. The number of methoxy groups -OCH3 is 1. The normalized spacial score (nSPS) is 17.6. The number of carbonyl (C=O) groups excluding carboxylic acids is 2. The van der Waals surface area contributed by atoms with Crippen molar-refractivity contribution in [2.24, 2.45) is 0 Å². The molecule has 1 fully saturated rings. The highest BCUT2D eigenvalue weighted by molar-refractivity contribution is 6.31. The molecule has 20 heavy (non-hydrogen) atoms. The number of hydrogen-bond acceptors (Lipinski definition) is 4. The van der Waals surface area contributed by atoms with Gasteiger partial charge in [0, 0.05) is 11.6 Å². The zero-order valence-electron chi connectivity index (χ0n) is 10.9. The van der Waals surface area contributed by atoms with E-state index in [9.17, 15) is 9.59 Å². The fourth-order valence-electron chi connectivity index (χ4n) is 1.91. The van der Waals surface area contributed by atoms with Gasteiger partial charge in [0.2, 0.25) is 0 Å². The third-order valence-electron chi connectivity index (χ3n) is 2.93. The van der Waals surface area contributed by atoms with Crippen LogP contribution in [0.15, 0.2) is 18.2 Å². The van der Waals surface area contributed by atoms with E-state index >= 15 is 0 Å². The second kappa shape index (κ2) is 6.58. The van der Waals surface area contributed by atoms with Gasteiger partial charge in [-0.05, 0) is 31.0 Å². The van der Waals surface area contributed by atoms with Gasteiger partial charge >= 0.3 is 0 Å². The van der Waals surface area contributed by atoms with E-state index in [2.05, 4.69) is 10.9 Å². The smallest absolute Gasteiger partial charge is 0.273 e. The molecule has 0 unspecified atom stereocenters. The average Bonchev–Trinajstić information content (AvgIpc) is 2.98. The SMILES string of the molecule is COc1ccc(Cl)cc1C(=O)NNC(=O)[C@@H]1CCCO1. The van der Waals surface area contributed by atoms with Crippen LogP contribution in [0.25, 0.3) is 0 Å². The number of nitrogens with one attached hydrogen (secondary N) is 2. The summed E-state index contributed by atoms with van der Waals surface area (Å²) in [6.07, 6.45) is 0.993. The molecule has 2 amide bonds. The Labute approximate surface area is 121 Å². The molecule has 0 bridgehead atoms. The lowest BCUT2D eigenvalue weighted by molar-refractivity contribution is -0.130. The molecule has 1 heterocycles. The van der Waals surface area contributed by atoms with Gasteiger partial charge in [-0.2, -0.15) is 0 Å². The third kappa shape index (κ3) is 3.40. The highest BCUT2D eigenvalue weighted by Crippen LogP contribution is 2.22. The van der Waals surface area contributed by atoms with Crippen molar-refractivity contribution in [2.75, 3.05) is 13.7 Å². The van der Waals surface area contributed by atoms with Gasteiger partial charge in [0.25, 0.3) is 11.8 Å². The molecule has 2 N–H and O–H groups in total. The quantitative estimate of drug-likeness (QED) is 0.825. The summed E-state index contributed by atoms with van der Waals surface area (Å²) in [5.41, 5.74) is 4.90. The van der Waals surface area contributed by atoms with Gasteiger partial charge in [-0.3, -0.25) is 20.4 Å². The summed E-state index contributed by atoms with van der Waals surface area (Å²) in [6, 6.07) is 4.66. The molecule has 1 aromatic carbocycles. The van der Waals surface area contributed by atoms with E-state index in [-0.39, 0.29) is 11.5 Å². The van der Waals surface area contributed by atoms with E-state index in [0.29, 0.717) is 23.8 Å². The van der Waals surface area contributed by atoms with Crippen LogP contribution in [-0.4, -0.2) is 31.6 Å². The second-order valence-corrected chi connectivity index (χ2v) is 4.73. The van der Waals surface area contributed by atoms with Gasteiger partial charge in [-0.1, -0.05) is 11.6 Å². The molecule has 1 aromatic rings. The van der Waals surface area contributed by atoms with Crippen LogP contribution in [0.4, 0.5) is 0 Å². The first-order valence-electron chi connectivity index (χ1n) is 6.17. The minimum absolute atomic E-state index is 0.243. The molecule has 1 aliphatic heterocycles. The van der Waals surface area contributed by atoms with Crippen molar-refractivity contribution in [2.45, 2.75) is 18.9 Å². The van der Waals surface area contributed by atoms with Crippen molar-refractivity contribution < 1.29 is 19.1 Å². The van der Waals surface area contributed by atoms with Gasteiger partial charge in [0.1, 0.15) is 11.9 Å². The molecule has 0 radical (unpaired) electrons. The summed E-state index contributed by atoms with van der Waals surface area (Å²) < 4.78 is 10.3. The van der Waals surface area contributed by atoms with E-state index in [1.165, 1.54) is 13.2 Å². The molecule has 6 nitrogen and oxygen atoms in total. The lowest BCUT2D eigenvalue weighted by Crippen LogP contribution is -2.46. The molecule has 0 aromatic heterocycles. The van der Waals surface area contributed by atoms with Gasteiger partial charge < -0.3 is 9.47 Å². The maximum Gasteiger partial charge on any atom is 0.273 e. The highest BCUT2D eigenvalue weighted by atomic mass is 35.5. The van der Waals surface area contributed by atoms with Crippen molar-refractivity contribution >= 4 is 23.4 Å². The average molecular weight is 299 g/mol. The number of benzene rings is 1. The Kier molecular flexibility index (Phi) is 4.81. The summed E-state index contributed by atoms with van der Waals surface area (Å²) in [5.74, 6) is -0.495. The number of hydrogen-bond donors (Lipinski definition) is 2. The Morgan fingerprint density at radius 3 is 2.85 bits per heavy atom. The largest absolute Gasteiger partial charge is 0.496 e. The lowest BCUT2D eigenvalue weighted by atomic mass is 10.2. The van der Waals surface area contributed by atoms with E-state index < -0.39 is 12.0 Å². The van der Waals surface area contributed by atoms with Crippen LogP contribution in [0.2, 0.25) is 5.02 Å². The third-order valence-corrected chi connectivity index (χ3v) is 3.16. The number of hydrazine groups is 1. The first-order chi connectivity index (χ1) is 9.61. The lowest BCUT2D eigenvalue weighted by Gasteiger charge is -2.13. The molecule has 1 aliphatic rings. The minimum atomic E-state index is -0.504. The first kappa shape index (κ1) is 14.6. The highest BCUT2D eigenvalue weighted by Gasteiger charge is 2.24. The van der Waals surface area contributed by atoms with Gasteiger partial charge in [0.05, 0.1) is 12.7 Å². The van der Waals surface area contributed by atoms with Crippen LogP contribution in [0, 0.1) is 0 Å². The molecule has 0 aliphatic carbocycles. The van der Waals surface area contributed by atoms with Crippen LogP contribution in [0.3, 0.4) is 0 Å². The molecule has 1 saturated heterocycles. The van der Waals surface area contributed by atoms with Crippen LogP contribution < -0.4 is 15.6 Å². The zero-order valence-corrected chi connectivity index (χ0v) is 11.7. The topological polar surface area (TPSA) is 76.7 Å². The van der Waals surface area contributed by atoms with Gasteiger partial charge in [0.15, 0.2) is 0 Å². The fourth-order valence-corrected chi connectivity index (χ4v) is 2.08. The Morgan fingerprint density at radius 1 is 1.40 bits per heavy atom. The van der Waals surface area contributed by atoms with Crippen LogP contribution in [-0.2, 0) is 9.53 Å². The number of ether oxygens (including phenoxy) is 2. The molecule has 0 spiro atoms. The predicted molar refractivity (Wildman–Crippen MR) is 72.6 cm³/mol. The first-order valence-corrected chi connectivity index (χ1v) is 6.55. The molecule has 2 rings (SSSR count). The summed E-state index contributed by atoms with van der Waals surface area (Å²) in [6.45, 7) is 0.564. The fraction of sp³-hybridized carbons (Fsp3) is 0.385. The monoisotopic (exact) mass is 298 g/mol. The molecule has 108 valence electrons. The number of rotatable bonds is 3. The van der Waals surface area contributed by atoms with Gasteiger partial charge in [-0.15, -0.1) is 0 Å². The molecule has 7 heteroatoms.